The lowest BCUT2D eigenvalue weighted by Crippen LogP contribution is -2.35. The summed E-state index contributed by atoms with van der Waals surface area (Å²) in [6.45, 7) is 3.31. The zero-order chi connectivity index (χ0) is 12.3. The maximum atomic E-state index is 12.0. The van der Waals surface area contributed by atoms with E-state index in [0.717, 1.165) is 29.8 Å². The van der Waals surface area contributed by atoms with Crippen LogP contribution in [0.25, 0.3) is 0 Å². The number of nitrogens with one attached hydrogen (secondary N) is 2. The van der Waals surface area contributed by atoms with Crippen LogP contribution in [0.1, 0.15) is 22.3 Å². The van der Waals surface area contributed by atoms with Gasteiger partial charge in [-0.25, -0.2) is 0 Å². The van der Waals surface area contributed by atoms with E-state index < -0.39 is 0 Å². The number of aryl methyl sites for hydroxylation is 1. The molecule has 1 fully saturated rings. The van der Waals surface area contributed by atoms with Crippen LogP contribution in [0.15, 0.2) is 18.2 Å². The number of anilines is 1. The molecule has 0 aromatic heterocycles. The Bertz CT molecular complexity index is 412. The molecule has 0 spiro atoms. The number of carbonyl (C=O) groups is 1. The first-order valence-corrected chi connectivity index (χ1v) is 5.87. The molecule has 1 saturated heterocycles. The van der Waals surface area contributed by atoms with E-state index >= 15 is 0 Å². The molecule has 1 heterocycles. The standard InChI is InChI=1S/C13H18N2O2/c1-9-7-10(14-2)3-4-12(9)13(16)15-11-5-6-17-8-11/h3-4,7,11,14H,5-6,8H2,1-2H3,(H,15,16). The highest BCUT2D eigenvalue weighted by atomic mass is 16.5. The fourth-order valence-corrected chi connectivity index (χ4v) is 1.99. The minimum atomic E-state index is -0.0133. The largest absolute Gasteiger partial charge is 0.388 e. The van der Waals surface area contributed by atoms with Gasteiger partial charge in [0.1, 0.15) is 0 Å². The molecule has 0 bridgehead atoms. The van der Waals surface area contributed by atoms with Crippen molar-refractivity contribution in [1.82, 2.24) is 5.32 Å². The Kier molecular flexibility index (Phi) is 3.64. The average Bonchev–Trinajstić information content (AvgIpc) is 2.81. The van der Waals surface area contributed by atoms with Gasteiger partial charge in [-0.2, -0.15) is 0 Å². The van der Waals surface area contributed by atoms with Gasteiger partial charge in [0.25, 0.3) is 5.91 Å². The Balaban J connectivity index is 2.07. The second-order valence-corrected chi connectivity index (χ2v) is 4.31. The number of rotatable bonds is 3. The molecule has 1 aliphatic rings. The highest BCUT2D eigenvalue weighted by Crippen LogP contribution is 2.15. The topological polar surface area (TPSA) is 50.4 Å². The van der Waals surface area contributed by atoms with Gasteiger partial charge in [0.05, 0.1) is 12.6 Å². The molecule has 1 aromatic carbocycles. The van der Waals surface area contributed by atoms with E-state index in [1.807, 2.05) is 32.2 Å². The molecule has 1 aromatic rings. The third-order valence-corrected chi connectivity index (χ3v) is 3.02. The molecule has 1 unspecified atom stereocenters. The molecule has 1 aliphatic heterocycles. The molecular formula is C13H18N2O2. The summed E-state index contributed by atoms with van der Waals surface area (Å²) >= 11 is 0. The molecule has 17 heavy (non-hydrogen) atoms. The van der Waals surface area contributed by atoms with E-state index in [0.29, 0.717) is 6.61 Å². The quantitative estimate of drug-likeness (QED) is 0.834. The van der Waals surface area contributed by atoms with Crippen LogP contribution in [-0.4, -0.2) is 32.2 Å². The van der Waals surface area contributed by atoms with Gasteiger partial charge in [-0.1, -0.05) is 0 Å². The van der Waals surface area contributed by atoms with Gasteiger partial charge in [0.15, 0.2) is 0 Å². The van der Waals surface area contributed by atoms with E-state index in [4.69, 9.17) is 4.74 Å². The average molecular weight is 234 g/mol. The van der Waals surface area contributed by atoms with E-state index in [9.17, 15) is 4.79 Å². The van der Waals surface area contributed by atoms with Crippen molar-refractivity contribution >= 4 is 11.6 Å². The summed E-state index contributed by atoms with van der Waals surface area (Å²) < 4.78 is 5.24. The van der Waals surface area contributed by atoms with Crippen molar-refractivity contribution in [1.29, 1.82) is 0 Å². The van der Waals surface area contributed by atoms with E-state index in [1.54, 1.807) is 0 Å². The Morgan fingerprint density at radius 1 is 1.47 bits per heavy atom. The summed E-state index contributed by atoms with van der Waals surface area (Å²) in [6, 6.07) is 5.89. The third-order valence-electron chi connectivity index (χ3n) is 3.02. The molecule has 0 aliphatic carbocycles. The normalized spacial score (nSPS) is 19.1. The molecule has 4 heteroatoms. The van der Waals surface area contributed by atoms with Gasteiger partial charge in [-0.3, -0.25) is 4.79 Å². The van der Waals surface area contributed by atoms with Gasteiger partial charge in [-0.15, -0.1) is 0 Å². The third kappa shape index (κ3) is 2.77. The molecule has 0 saturated carbocycles. The summed E-state index contributed by atoms with van der Waals surface area (Å²) in [5.41, 5.74) is 2.73. The molecule has 4 nitrogen and oxygen atoms in total. The maximum Gasteiger partial charge on any atom is 0.251 e. The second kappa shape index (κ2) is 5.19. The minimum absolute atomic E-state index is 0.0133. The molecule has 0 radical (unpaired) electrons. The van der Waals surface area contributed by atoms with Crippen molar-refractivity contribution < 1.29 is 9.53 Å². The molecular weight excluding hydrogens is 216 g/mol. The van der Waals surface area contributed by atoms with Gasteiger partial charge < -0.3 is 15.4 Å². The summed E-state index contributed by atoms with van der Waals surface area (Å²) in [6.07, 6.45) is 0.902. The van der Waals surface area contributed by atoms with Crippen molar-refractivity contribution in [3.63, 3.8) is 0 Å². The first-order valence-electron chi connectivity index (χ1n) is 5.87. The van der Waals surface area contributed by atoms with Gasteiger partial charge >= 0.3 is 0 Å². The van der Waals surface area contributed by atoms with Crippen LogP contribution in [0, 0.1) is 6.92 Å². The van der Waals surface area contributed by atoms with Crippen molar-refractivity contribution in [2.75, 3.05) is 25.6 Å². The van der Waals surface area contributed by atoms with Gasteiger partial charge in [0.2, 0.25) is 0 Å². The number of carbonyl (C=O) groups excluding carboxylic acids is 1. The number of amides is 1. The lowest BCUT2D eigenvalue weighted by molar-refractivity contribution is 0.0929. The Morgan fingerprint density at radius 2 is 2.29 bits per heavy atom. The fraction of sp³-hybridized carbons (Fsp3) is 0.462. The van der Waals surface area contributed by atoms with Crippen LogP contribution in [-0.2, 0) is 4.74 Å². The zero-order valence-electron chi connectivity index (χ0n) is 10.2. The summed E-state index contributed by atoms with van der Waals surface area (Å²) in [4.78, 5) is 12.0. The van der Waals surface area contributed by atoms with Crippen molar-refractivity contribution in [2.45, 2.75) is 19.4 Å². The fourth-order valence-electron chi connectivity index (χ4n) is 1.99. The van der Waals surface area contributed by atoms with Crippen LogP contribution in [0.5, 0.6) is 0 Å². The molecule has 1 amide bonds. The summed E-state index contributed by atoms with van der Waals surface area (Å²) in [7, 11) is 1.87. The smallest absolute Gasteiger partial charge is 0.251 e. The van der Waals surface area contributed by atoms with E-state index in [2.05, 4.69) is 10.6 Å². The maximum absolute atomic E-state index is 12.0. The number of benzene rings is 1. The Hall–Kier alpha value is -1.55. The first kappa shape index (κ1) is 11.9. The second-order valence-electron chi connectivity index (χ2n) is 4.31. The molecule has 92 valence electrons. The Labute approximate surface area is 101 Å². The predicted octanol–water partition coefficient (Wildman–Crippen LogP) is 1.56. The zero-order valence-corrected chi connectivity index (χ0v) is 10.2. The summed E-state index contributed by atoms with van der Waals surface area (Å²) in [5, 5.41) is 6.04. The van der Waals surface area contributed by atoms with Crippen molar-refractivity contribution in [2.24, 2.45) is 0 Å². The lowest BCUT2D eigenvalue weighted by Gasteiger charge is -2.13. The van der Waals surface area contributed by atoms with E-state index in [1.165, 1.54) is 0 Å². The highest BCUT2D eigenvalue weighted by molar-refractivity contribution is 5.96. The lowest BCUT2D eigenvalue weighted by atomic mass is 10.1. The Morgan fingerprint density at radius 3 is 2.88 bits per heavy atom. The van der Waals surface area contributed by atoms with Crippen LogP contribution >= 0.6 is 0 Å². The summed E-state index contributed by atoms with van der Waals surface area (Å²) in [5.74, 6) is -0.0133. The molecule has 2 rings (SSSR count). The number of hydrogen-bond acceptors (Lipinski definition) is 3. The van der Waals surface area contributed by atoms with Crippen LogP contribution < -0.4 is 10.6 Å². The van der Waals surface area contributed by atoms with Gasteiger partial charge in [0, 0.05) is 24.9 Å². The van der Waals surface area contributed by atoms with Crippen LogP contribution in [0.3, 0.4) is 0 Å². The minimum Gasteiger partial charge on any atom is -0.388 e. The number of hydrogen-bond donors (Lipinski definition) is 2. The molecule has 1 atom stereocenters. The van der Waals surface area contributed by atoms with E-state index in [-0.39, 0.29) is 11.9 Å². The van der Waals surface area contributed by atoms with Gasteiger partial charge in [-0.05, 0) is 37.1 Å². The van der Waals surface area contributed by atoms with Crippen molar-refractivity contribution in [3.05, 3.63) is 29.3 Å². The predicted molar refractivity (Wildman–Crippen MR) is 67.4 cm³/mol. The SMILES string of the molecule is CNc1ccc(C(=O)NC2CCOC2)c(C)c1. The number of ether oxygens (including phenoxy) is 1. The first-order chi connectivity index (χ1) is 8.20. The van der Waals surface area contributed by atoms with Crippen LogP contribution in [0.2, 0.25) is 0 Å². The molecule has 2 N–H and O–H groups in total. The monoisotopic (exact) mass is 234 g/mol. The highest BCUT2D eigenvalue weighted by Gasteiger charge is 2.19. The van der Waals surface area contributed by atoms with Crippen LogP contribution in [0.4, 0.5) is 5.69 Å². The van der Waals surface area contributed by atoms with Crippen molar-refractivity contribution in [3.8, 4) is 0 Å².